The van der Waals surface area contributed by atoms with Gasteiger partial charge in [-0.25, -0.2) is 4.57 Å². The third kappa shape index (κ3) is 3.03. The summed E-state index contributed by atoms with van der Waals surface area (Å²) in [4.78, 5) is 0. The van der Waals surface area contributed by atoms with Gasteiger partial charge in [-0.05, 0) is 65.5 Å². The van der Waals surface area contributed by atoms with Crippen molar-refractivity contribution in [1.82, 2.24) is 4.40 Å². The van der Waals surface area contributed by atoms with Gasteiger partial charge in [-0.1, -0.05) is 84.2 Å². The quantitative estimate of drug-likeness (QED) is 0.210. The van der Waals surface area contributed by atoms with Crippen LogP contribution < -0.4 is 4.57 Å². The van der Waals surface area contributed by atoms with E-state index in [1.54, 1.807) is 0 Å². The van der Waals surface area contributed by atoms with Gasteiger partial charge in [0.2, 0.25) is 0 Å². The molecule has 0 bridgehead atoms. The summed E-state index contributed by atoms with van der Waals surface area (Å²) < 4.78 is 5.10. The summed E-state index contributed by atoms with van der Waals surface area (Å²) in [6, 6.07) is 16.3. The van der Waals surface area contributed by atoms with E-state index in [4.69, 9.17) is 0 Å². The normalized spacial score (nSPS) is 15.3. The van der Waals surface area contributed by atoms with Gasteiger partial charge in [0.05, 0.1) is 11.6 Å². The van der Waals surface area contributed by atoms with Crippen LogP contribution in [0.15, 0.2) is 54.7 Å². The van der Waals surface area contributed by atoms with E-state index in [0.717, 1.165) is 12.8 Å². The average molecular weight is 426 g/mol. The number of imidazole rings is 1. The van der Waals surface area contributed by atoms with Crippen LogP contribution in [-0.2, 0) is 11.0 Å². The van der Waals surface area contributed by atoms with Crippen LogP contribution in [0.2, 0.25) is 0 Å². The maximum absolute atomic E-state index is 2.64. The molecule has 5 rings (SSSR count). The van der Waals surface area contributed by atoms with Crippen LogP contribution in [-0.4, -0.2) is 4.40 Å². The van der Waals surface area contributed by atoms with Gasteiger partial charge in [0.1, 0.15) is 5.54 Å². The first kappa shape index (κ1) is 21.2. The summed E-state index contributed by atoms with van der Waals surface area (Å²) in [6.45, 7) is 11.8. The fraction of sp³-hybridized carbons (Fsp3) is 0.433. The predicted molar refractivity (Wildman–Crippen MR) is 137 cm³/mol. The molecule has 0 aliphatic carbocycles. The van der Waals surface area contributed by atoms with E-state index in [2.05, 4.69) is 104 Å². The van der Waals surface area contributed by atoms with E-state index >= 15 is 0 Å². The summed E-state index contributed by atoms with van der Waals surface area (Å²) >= 11 is 0. The second-order valence-corrected chi connectivity index (χ2v) is 10.3. The molecule has 0 atom stereocenters. The van der Waals surface area contributed by atoms with Crippen molar-refractivity contribution in [1.29, 1.82) is 0 Å². The van der Waals surface area contributed by atoms with E-state index < -0.39 is 0 Å². The summed E-state index contributed by atoms with van der Waals surface area (Å²) in [7, 11) is 0. The van der Waals surface area contributed by atoms with Crippen LogP contribution >= 0.6 is 0 Å². The maximum atomic E-state index is 2.64. The van der Waals surface area contributed by atoms with Crippen LogP contribution in [0.5, 0.6) is 0 Å². The Balaban J connectivity index is 1.85. The molecule has 0 saturated carbocycles. The number of unbranched alkanes of at least 4 members (excludes halogenated alkanes) is 2. The molecule has 1 aliphatic rings. The summed E-state index contributed by atoms with van der Waals surface area (Å²) in [6.07, 6.45) is 14.4. The first-order chi connectivity index (χ1) is 15.5. The monoisotopic (exact) mass is 425 g/mol. The lowest BCUT2D eigenvalue weighted by atomic mass is 9.80. The Labute approximate surface area is 192 Å². The van der Waals surface area contributed by atoms with Gasteiger partial charge >= 0.3 is 0 Å². The Morgan fingerprint density at radius 3 is 2.53 bits per heavy atom. The van der Waals surface area contributed by atoms with Crippen molar-refractivity contribution in [3.63, 3.8) is 0 Å². The van der Waals surface area contributed by atoms with Crippen molar-refractivity contribution in [2.24, 2.45) is 0 Å². The standard InChI is InChI=1S/C30H37N2/c1-6-9-10-18-29(4,5)24-14-15-25-26(21-24)31-20-17-23-13-11-12-22-16-19-30(7-2,8-3)32(25)28(31)27(22)23/h11-17,19-21H,6-10,18H2,1-5H3/q+1. The molecule has 0 unspecified atom stereocenters. The van der Waals surface area contributed by atoms with E-state index in [-0.39, 0.29) is 11.0 Å². The predicted octanol–water partition coefficient (Wildman–Crippen LogP) is 7.93. The lowest BCUT2D eigenvalue weighted by molar-refractivity contribution is -0.706. The number of hydrogen-bond donors (Lipinski definition) is 0. The number of pyridine rings is 1. The first-order valence-corrected chi connectivity index (χ1v) is 12.6. The number of aromatic nitrogens is 2. The van der Waals surface area contributed by atoms with Gasteiger partial charge in [0.25, 0.3) is 5.65 Å². The molecule has 0 spiro atoms. The van der Waals surface area contributed by atoms with Crippen molar-refractivity contribution in [3.8, 4) is 0 Å². The molecule has 3 heterocycles. The van der Waals surface area contributed by atoms with Crippen LogP contribution in [0.1, 0.15) is 84.3 Å². The van der Waals surface area contributed by atoms with Crippen LogP contribution in [0.25, 0.3) is 33.5 Å². The highest BCUT2D eigenvalue weighted by Gasteiger charge is 2.39. The minimum Gasteiger partial charge on any atom is -0.213 e. The summed E-state index contributed by atoms with van der Waals surface area (Å²) in [5.41, 5.74) is 6.96. The van der Waals surface area contributed by atoms with Crippen molar-refractivity contribution >= 4 is 33.5 Å². The Hall–Kier alpha value is -2.61. The number of allylic oxidation sites excluding steroid dienone is 1. The molecule has 2 nitrogen and oxygen atoms in total. The van der Waals surface area contributed by atoms with Crippen LogP contribution in [0.4, 0.5) is 0 Å². The molecule has 166 valence electrons. The molecule has 0 fully saturated rings. The third-order valence-corrected chi connectivity index (χ3v) is 8.10. The smallest absolute Gasteiger partial charge is 0.213 e. The zero-order chi connectivity index (χ0) is 22.5. The average Bonchev–Trinajstić information content (AvgIpc) is 3.06. The molecule has 0 N–H and O–H groups in total. The van der Waals surface area contributed by atoms with E-state index in [9.17, 15) is 0 Å². The Morgan fingerprint density at radius 1 is 0.969 bits per heavy atom. The number of benzene rings is 2. The fourth-order valence-corrected chi connectivity index (χ4v) is 5.86. The van der Waals surface area contributed by atoms with Gasteiger partial charge in [-0.15, -0.1) is 0 Å². The lowest BCUT2D eigenvalue weighted by Crippen LogP contribution is -2.54. The third-order valence-electron chi connectivity index (χ3n) is 8.10. The first-order valence-electron chi connectivity index (χ1n) is 12.6. The molecule has 2 aromatic heterocycles. The number of hydrogen-bond acceptors (Lipinski definition) is 0. The largest absolute Gasteiger partial charge is 0.296 e. The molecule has 0 saturated heterocycles. The highest BCUT2D eigenvalue weighted by atomic mass is 15.2. The zero-order valence-corrected chi connectivity index (χ0v) is 20.4. The van der Waals surface area contributed by atoms with Gasteiger partial charge < -0.3 is 0 Å². The Bertz CT molecular complexity index is 1330. The van der Waals surface area contributed by atoms with Crippen molar-refractivity contribution in [2.45, 2.75) is 84.1 Å². The molecule has 32 heavy (non-hydrogen) atoms. The number of rotatable bonds is 7. The second-order valence-electron chi connectivity index (χ2n) is 10.3. The Kier molecular flexibility index (Phi) is 5.15. The summed E-state index contributed by atoms with van der Waals surface area (Å²) in [5.74, 6) is 0. The minimum atomic E-state index is -0.0154. The van der Waals surface area contributed by atoms with E-state index in [1.807, 2.05) is 0 Å². The highest BCUT2D eigenvalue weighted by molar-refractivity contribution is 6.01. The zero-order valence-electron chi connectivity index (χ0n) is 20.4. The number of fused-ring (bicyclic) bond motifs is 3. The van der Waals surface area contributed by atoms with Crippen LogP contribution in [0.3, 0.4) is 0 Å². The molecule has 0 radical (unpaired) electrons. The molecular weight excluding hydrogens is 388 g/mol. The minimum absolute atomic E-state index is 0.0154. The van der Waals surface area contributed by atoms with E-state index in [1.165, 1.54) is 64.3 Å². The fourth-order valence-electron chi connectivity index (χ4n) is 5.86. The van der Waals surface area contributed by atoms with Crippen LogP contribution in [0, 0.1) is 0 Å². The van der Waals surface area contributed by atoms with Gasteiger partial charge in [0.15, 0.2) is 11.0 Å². The van der Waals surface area contributed by atoms with E-state index in [0.29, 0.717) is 0 Å². The second kappa shape index (κ2) is 7.76. The Morgan fingerprint density at radius 2 is 1.78 bits per heavy atom. The topological polar surface area (TPSA) is 8.29 Å². The molecule has 1 aliphatic heterocycles. The maximum Gasteiger partial charge on any atom is 0.296 e. The molecular formula is C30H37N2+. The van der Waals surface area contributed by atoms with Crippen molar-refractivity contribution in [3.05, 3.63) is 65.9 Å². The van der Waals surface area contributed by atoms with Gasteiger partial charge in [-0.3, -0.25) is 0 Å². The lowest BCUT2D eigenvalue weighted by Gasteiger charge is -2.26. The van der Waals surface area contributed by atoms with Crippen molar-refractivity contribution in [2.75, 3.05) is 0 Å². The SMILES string of the molecule is CCCCCC(C)(C)c1ccc2c(c1)n1ccc3cccc4c3c1[n+]2C(CC)(CC)C=C4. The molecule has 0 amide bonds. The van der Waals surface area contributed by atoms with Gasteiger partial charge in [0, 0.05) is 0 Å². The highest BCUT2D eigenvalue weighted by Crippen LogP contribution is 2.37. The summed E-state index contributed by atoms with van der Waals surface area (Å²) in [5, 5.41) is 2.69. The molecule has 2 aromatic carbocycles. The molecule has 2 heteroatoms. The van der Waals surface area contributed by atoms with Crippen molar-refractivity contribution < 1.29 is 4.57 Å². The van der Waals surface area contributed by atoms with Gasteiger partial charge in [-0.2, -0.15) is 4.40 Å². The molecule has 4 aromatic rings. The number of nitrogens with zero attached hydrogens (tertiary/aromatic N) is 2.